The van der Waals surface area contributed by atoms with Crippen molar-refractivity contribution in [2.24, 2.45) is 5.92 Å². The van der Waals surface area contributed by atoms with Gasteiger partial charge in [-0.15, -0.1) is 0 Å². The molecule has 5 rings (SSSR count). The van der Waals surface area contributed by atoms with Gasteiger partial charge in [0.15, 0.2) is 0 Å². The van der Waals surface area contributed by atoms with Crippen LogP contribution in [0.25, 0.3) is 0 Å². The second-order valence-corrected chi connectivity index (χ2v) is 12.3. The Morgan fingerprint density at radius 3 is 2.46 bits per heavy atom. The van der Waals surface area contributed by atoms with Gasteiger partial charge in [0.2, 0.25) is 10.0 Å². The quantitative estimate of drug-likeness (QED) is 0.365. The predicted octanol–water partition coefficient (Wildman–Crippen LogP) is 5.99. The summed E-state index contributed by atoms with van der Waals surface area (Å²) in [4.78, 5) is 9.38. The summed E-state index contributed by atoms with van der Waals surface area (Å²) >= 11 is 0. The number of hydrogen-bond donors (Lipinski definition) is 1. The second-order valence-electron chi connectivity index (χ2n) is 10.4. The Balaban J connectivity index is 1.55. The molecule has 0 amide bonds. The van der Waals surface area contributed by atoms with Gasteiger partial charge in [0.25, 0.3) is 0 Å². The van der Waals surface area contributed by atoms with Gasteiger partial charge in [0.05, 0.1) is 36.1 Å². The number of methoxy groups -OCH3 is 1. The maximum Gasteiger partial charge on any atom is 0.416 e. The molecule has 1 aromatic heterocycles. The second kappa shape index (κ2) is 11.2. The number of hydrogen-bond acceptors (Lipinski definition) is 5. The summed E-state index contributed by atoms with van der Waals surface area (Å²) in [6.45, 7) is 0.744. The number of imidazole rings is 1. The monoisotopic (exact) mass is 562 g/mol. The molecule has 210 valence electrons. The Kier molecular flexibility index (Phi) is 7.91. The molecule has 1 N–H and O–H groups in total. The molecule has 2 heterocycles. The zero-order chi connectivity index (χ0) is 27.6. The maximum absolute atomic E-state index is 13.9. The fraction of sp³-hybridized carbons (Fsp3) is 0.464. The smallest absolute Gasteiger partial charge is 0.416 e. The zero-order valence-electron chi connectivity index (χ0n) is 21.8. The minimum absolute atomic E-state index is 0.0438. The molecule has 39 heavy (non-hydrogen) atoms. The van der Waals surface area contributed by atoms with Crippen molar-refractivity contribution in [3.8, 4) is 5.75 Å². The van der Waals surface area contributed by atoms with Crippen LogP contribution in [0.3, 0.4) is 0 Å². The standard InChI is InChI=1S/C28H33F3N4O3S/c1-38-27-8-4-7-26-25(27)18-34(39(36,37)24-13-10-21(11-14-24)28(29,30)31)17-23(12-9-20-5-2-3-6-20)35(26)16-22-15-32-19-33-22/h4,7-8,10-11,13-15,19-20,23H,2-3,5-6,9,12,16-18H2,1H3,(H,32,33)/t23-/m1/s1. The van der Waals surface area contributed by atoms with Crippen molar-refractivity contribution in [1.82, 2.24) is 14.3 Å². The Morgan fingerprint density at radius 2 is 1.82 bits per heavy atom. The number of ether oxygens (including phenoxy) is 1. The van der Waals surface area contributed by atoms with Crippen LogP contribution in [0.1, 0.15) is 55.3 Å². The van der Waals surface area contributed by atoms with Gasteiger partial charge in [-0.1, -0.05) is 31.7 Å². The van der Waals surface area contributed by atoms with Gasteiger partial charge < -0.3 is 14.6 Å². The van der Waals surface area contributed by atoms with Crippen LogP contribution in [0, 0.1) is 5.92 Å². The van der Waals surface area contributed by atoms with Crippen molar-refractivity contribution in [2.75, 3.05) is 18.6 Å². The normalized spacial score (nSPS) is 19.2. The number of nitrogens with zero attached hydrogens (tertiary/aromatic N) is 3. The van der Waals surface area contributed by atoms with Gasteiger partial charge in [0, 0.05) is 36.6 Å². The zero-order valence-corrected chi connectivity index (χ0v) is 22.6. The van der Waals surface area contributed by atoms with E-state index < -0.39 is 21.8 Å². The number of sulfonamides is 1. The summed E-state index contributed by atoms with van der Waals surface area (Å²) < 4.78 is 74.3. The van der Waals surface area contributed by atoms with Crippen molar-refractivity contribution in [1.29, 1.82) is 0 Å². The molecule has 0 spiro atoms. The lowest BCUT2D eigenvalue weighted by Crippen LogP contribution is -2.43. The average Bonchev–Trinajstić information content (AvgIpc) is 3.61. The van der Waals surface area contributed by atoms with E-state index >= 15 is 0 Å². The fourth-order valence-corrected chi connectivity index (χ4v) is 7.28. The third kappa shape index (κ3) is 5.94. The number of H-pyrrole nitrogens is 1. The molecule has 0 saturated heterocycles. The largest absolute Gasteiger partial charge is 0.496 e. The van der Waals surface area contributed by atoms with Crippen LogP contribution in [-0.2, 0) is 29.3 Å². The molecule has 1 aliphatic carbocycles. The number of halogens is 3. The summed E-state index contributed by atoms with van der Waals surface area (Å²) in [5.74, 6) is 1.18. The number of fused-ring (bicyclic) bond motifs is 1. The van der Waals surface area contributed by atoms with Crippen LogP contribution < -0.4 is 9.64 Å². The van der Waals surface area contributed by atoms with Crippen molar-refractivity contribution in [3.63, 3.8) is 0 Å². The molecule has 2 aliphatic rings. The summed E-state index contributed by atoms with van der Waals surface area (Å²) in [5.41, 5.74) is 1.61. The molecular weight excluding hydrogens is 529 g/mol. The van der Waals surface area contributed by atoms with E-state index in [0.29, 0.717) is 18.2 Å². The van der Waals surface area contributed by atoms with Crippen LogP contribution in [0.2, 0.25) is 0 Å². The van der Waals surface area contributed by atoms with E-state index in [0.717, 1.165) is 54.1 Å². The highest BCUT2D eigenvalue weighted by Crippen LogP contribution is 2.39. The van der Waals surface area contributed by atoms with E-state index in [4.69, 9.17) is 4.74 Å². The van der Waals surface area contributed by atoms with Gasteiger partial charge in [-0.3, -0.25) is 0 Å². The van der Waals surface area contributed by atoms with E-state index in [1.54, 1.807) is 25.7 Å². The number of nitrogens with one attached hydrogen (secondary N) is 1. The van der Waals surface area contributed by atoms with Crippen LogP contribution in [0.15, 0.2) is 59.9 Å². The topological polar surface area (TPSA) is 78.5 Å². The molecule has 7 nitrogen and oxygen atoms in total. The van der Waals surface area contributed by atoms with Crippen LogP contribution in [0.4, 0.5) is 18.9 Å². The molecule has 11 heteroatoms. The van der Waals surface area contributed by atoms with Gasteiger partial charge >= 0.3 is 6.18 Å². The third-order valence-electron chi connectivity index (χ3n) is 7.93. The highest BCUT2D eigenvalue weighted by atomic mass is 32.2. The van der Waals surface area contributed by atoms with Gasteiger partial charge in [-0.2, -0.15) is 17.5 Å². The minimum Gasteiger partial charge on any atom is -0.496 e. The summed E-state index contributed by atoms with van der Waals surface area (Å²) in [6.07, 6.45) is 5.42. The summed E-state index contributed by atoms with van der Waals surface area (Å²) in [5, 5.41) is 0. The van der Waals surface area contributed by atoms with Crippen molar-refractivity contribution < 1.29 is 26.3 Å². The maximum atomic E-state index is 13.9. The number of aromatic amines is 1. The predicted molar refractivity (Wildman–Crippen MR) is 142 cm³/mol. The van der Waals surface area contributed by atoms with Crippen molar-refractivity contribution in [2.45, 2.75) is 68.7 Å². The minimum atomic E-state index is -4.55. The third-order valence-corrected chi connectivity index (χ3v) is 9.75. The van der Waals surface area contributed by atoms with Crippen LogP contribution in [0.5, 0.6) is 5.75 Å². The molecule has 0 unspecified atom stereocenters. The number of aromatic nitrogens is 2. The highest BCUT2D eigenvalue weighted by molar-refractivity contribution is 7.89. The first-order valence-electron chi connectivity index (χ1n) is 13.2. The number of benzene rings is 2. The summed E-state index contributed by atoms with van der Waals surface area (Å²) in [6, 6.07) is 9.24. The van der Waals surface area contributed by atoms with Crippen LogP contribution in [-0.4, -0.2) is 42.4 Å². The van der Waals surface area contributed by atoms with Gasteiger partial charge in [0.1, 0.15) is 5.75 Å². The lowest BCUT2D eigenvalue weighted by atomic mass is 9.97. The molecule has 0 radical (unpaired) electrons. The van der Waals surface area contributed by atoms with Crippen LogP contribution >= 0.6 is 0 Å². The van der Waals surface area contributed by atoms with Crippen molar-refractivity contribution in [3.05, 3.63) is 71.8 Å². The number of anilines is 1. The molecular formula is C28H33F3N4O3S. The van der Waals surface area contributed by atoms with Gasteiger partial charge in [-0.05, 0) is 55.2 Å². The lowest BCUT2D eigenvalue weighted by molar-refractivity contribution is -0.137. The molecule has 2 aromatic carbocycles. The molecule has 1 saturated carbocycles. The number of alkyl halides is 3. The van der Waals surface area contributed by atoms with E-state index in [1.165, 1.54) is 30.0 Å². The molecule has 1 fully saturated rings. The Hall–Kier alpha value is -3.05. The SMILES string of the molecule is COc1cccc2c1CN(S(=O)(=O)c1ccc(C(F)(F)F)cc1)C[C@@H](CCC1CCCC1)N2Cc1cnc[nH]1. The molecule has 0 bridgehead atoms. The van der Waals surface area contributed by atoms with E-state index in [9.17, 15) is 21.6 Å². The Bertz CT molecular complexity index is 1360. The van der Waals surface area contributed by atoms with Crippen molar-refractivity contribution >= 4 is 15.7 Å². The first-order chi connectivity index (χ1) is 18.7. The van der Waals surface area contributed by atoms with E-state index in [-0.39, 0.29) is 24.0 Å². The first-order valence-corrected chi connectivity index (χ1v) is 14.7. The summed E-state index contributed by atoms with van der Waals surface area (Å²) in [7, 11) is -2.56. The highest BCUT2D eigenvalue weighted by Gasteiger charge is 2.37. The Morgan fingerprint density at radius 1 is 1.08 bits per heavy atom. The molecule has 1 atom stereocenters. The average molecular weight is 563 g/mol. The van der Waals surface area contributed by atoms with E-state index in [2.05, 4.69) is 14.9 Å². The van der Waals surface area contributed by atoms with E-state index in [1.807, 2.05) is 12.1 Å². The lowest BCUT2D eigenvalue weighted by Gasteiger charge is -2.34. The van der Waals surface area contributed by atoms with Gasteiger partial charge in [-0.25, -0.2) is 13.4 Å². The molecule has 3 aromatic rings. The molecule has 1 aliphatic heterocycles. The first kappa shape index (κ1) is 27.5. The number of rotatable bonds is 8. The fourth-order valence-electron chi connectivity index (χ4n) is 5.84. The Labute approximate surface area is 227 Å².